The summed E-state index contributed by atoms with van der Waals surface area (Å²) in [5.41, 5.74) is -0.0490. The standard InChI is InChI=1S/C11H16O3/c1-8-6-4-5-7-9(8)14-11(2,3)10(12)13/h4-6,9H,7H2,1-3H3,(H,12,13). The van der Waals surface area contributed by atoms with Gasteiger partial charge in [0.1, 0.15) is 0 Å². The maximum atomic E-state index is 10.8. The van der Waals surface area contributed by atoms with Crippen molar-refractivity contribution in [3.05, 3.63) is 23.8 Å². The number of aliphatic carboxylic acids is 1. The van der Waals surface area contributed by atoms with E-state index in [4.69, 9.17) is 9.84 Å². The molecule has 0 spiro atoms. The Labute approximate surface area is 84.1 Å². The minimum absolute atomic E-state index is 0.105. The number of allylic oxidation sites excluding steroid dienone is 2. The maximum absolute atomic E-state index is 10.8. The van der Waals surface area contributed by atoms with Crippen molar-refractivity contribution in [2.45, 2.75) is 38.9 Å². The first-order valence-electron chi connectivity index (χ1n) is 4.68. The molecule has 1 N–H and O–H groups in total. The molecule has 0 fully saturated rings. The Morgan fingerprint density at radius 2 is 2.29 bits per heavy atom. The van der Waals surface area contributed by atoms with Crippen LogP contribution in [-0.4, -0.2) is 22.8 Å². The summed E-state index contributed by atoms with van der Waals surface area (Å²) in [6.45, 7) is 5.09. The van der Waals surface area contributed by atoms with E-state index in [2.05, 4.69) is 0 Å². The summed E-state index contributed by atoms with van der Waals surface area (Å²) < 4.78 is 5.53. The van der Waals surface area contributed by atoms with E-state index in [0.29, 0.717) is 0 Å². The van der Waals surface area contributed by atoms with Gasteiger partial charge in [-0.2, -0.15) is 0 Å². The molecule has 0 saturated heterocycles. The highest BCUT2D eigenvalue weighted by Crippen LogP contribution is 2.22. The Balaban J connectivity index is 2.66. The minimum atomic E-state index is -1.12. The Bertz CT molecular complexity index is 287. The summed E-state index contributed by atoms with van der Waals surface area (Å²) in [6.07, 6.45) is 6.54. The van der Waals surface area contributed by atoms with Crippen LogP contribution in [0, 0.1) is 0 Å². The molecular formula is C11H16O3. The summed E-state index contributed by atoms with van der Waals surface area (Å²) in [4.78, 5) is 10.8. The molecular weight excluding hydrogens is 180 g/mol. The fraction of sp³-hybridized carbons (Fsp3) is 0.545. The van der Waals surface area contributed by atoms with Crippen molar-refractivity contribution in [1.82, 2.24) is 0 Å². The van der Waals surface area contributed by atoms with Crippen molar-refractivity contribution >= 4 is 5.97 Å². The van der Waals surface area contributed by atoms with Gasteiger partial charge in [0.25, 0.3) is 0 Å². The van der Waals surface area contributed by atoms with Crippen LogP contribution in [0.3, 0.4) is 0 Å². The Kier molecular flexibility index (Phi) is 3.11. The molecule has 0 aromatic heterocycles. The molecule has 1 atom stereocenters. The molecule has 14 heavy (non-hydrogen) atoms. The first-order valence-corrected chi connectivity index (χ1v) is 4.68. The molecule has 1 aliphatic carbocycles. The number of carbonyl (C=O) groups is 1. The molecule has 78 valence electrons. The molecule has 1 unspecified atom stereocenters. The van der Waals surface area contributed by atoms with Gasteiger partial charge in [-0.1, -0.05) is 18.2 Å². The lowest BCUT2D eigenvalue weighted by Gasteiger charge is -2.28. The van der Waals surface area contributed by atoms with Gasteiger partial charge in [0.05, 0.1) is 6.10 Å². The molecule has 3 heteroatoms. The summed E-state index contributed by atoms with van der Waals surface area (Å²) in [5, 5.41) is 8.90. The monoisotopic (exact) mass is 196 g/mol. The second-order valence-corrected chi connectivity index (χ2v) is 4.00. The molecule has 0 aliphatic heterocycles. The largest absolute Gasteiger partial charge is 0.479 e. The van der Waals surface area contributed by atoms with E-state index >= 15 is 0 Å². The van der Waals surface area contributed by atoms with Crippen molar-refractivity contribution in [3.8, 4) is 0 Å². The van der Waals surface area contributed by atoms with Gasteiger partial charge in [-0.3, -0.25) is 0 Å². The van der Waals surface area contributed by atoms with Crippen LogP contribution in [0.1, 0.15) is 27.2 Å². The highest BCUT2D eigenvalue weighted by molar-refractivity contribution is 5.76. The average molecular weight is 196 g/mol. The molecule has 0 amide bonds. The van der Waals surface area contributed by atoms with Crippen molar-refractivity contribution < 1.29 is 14.6 Å². The number of ether oxygens (including phenoxy) is 1. The number of carboxylic acids is 1. The van der Waals surface area contributed by atoms with Gasteiger partial charge >= 0.3 is 5.97 Å². The second kappa shape index (κ2) is 3.96. The van der Waals surface area contributed by atoms with E-state index in [1.807, 2.05) is 25.2 Å². The first kappa shape index (κ1) is 11.0. The maximum Gasteiger partial charge on any atom is 0.335 e. The molecule has 0 aromatic rings. The molecule has 1 rings (SSSR count). The SMILES string of the molecule is CC1=CC=CCC1OC(C)(C)C(=O)O. The zero-order chi connectivity index (χ0) is 10.8. The molecule has 0 aromatic carbocycles. The smallest absolute Gasteiger partial charge is 0.335 e. The summed E-state index contributed by atoms with van der Waals surface area (Å²) in [5.74, 6) is -0.931. The van der Waals surface area contributed by atoms with Crippen LogP contribution in [0.5, 0.6) is 0 Å². The molecule has 0 heterocycles. The van der Waals surface area contributed by atoms with Gasteiger partial charge in [-0.25, -0.2) is 4.79 Å². The topological polar surface area (TPSA) is 46.5 Å². The lowest BCUT2D eigenvalue weighted by atomic mass is 10.0. The second-order valence-electron chi connectivity index (χ2n) is 4.00. The Morgan fingerprint density at radius 3 is 2.79 bits per heavy atom. The van der Waals surface area contributed by atoms with E-state index in [1.54, 1.807) is 13.8 Å². The van der Waals surface area contributed by atoms with Crippen molar-refractivity contribution in [2.75, 3.05) is 0 Å². The van der Waals surface area contributed by atoms with Crippen molar-refractivity contribution in [2.24, 2.45) is 0 Å². The van der Waals surface area contributed by atoms with Crippen LogP contribution in [-0.2, 0) is 9.53 Å². The fourth-order valence-corrected chi connectivity index (χ4v) is 1.26. The van der Waals surface area contributed by atoms with Gasteiger partial charge in [0.15, 0.2) is 5.60 Å². The highest BCUT2D eigenvalue weighted by Gasteiger charge is 2.31. The van der Waals surface area contributed by atoms with Crippen LogP contribution < -0.4 is 0 Å². The lowest BCUT2D eigenvalue weighted by molar-refractivity contribution is -0.165. The molecule has 3 nitrogen and oxygen atoms in total. The van der Waals surface area contributed by atoms with Gasteiger partial charge in [0.2, 0.25) is 0 Å². The average Bonchev–Trinajstić information content (AvgIpc) is 2.08. The van der Waals surface area contributed by atoms with E-state index in [0.717, 1.165) is 12.0 Å². The quantitative estimate of drug-likeness (QED) is 0.752. The van der Waals surface area contributed by atoms with Gasteiger partial charge in [-0.05, 0) is 32.8 Å². The summed E-state index contributed by atoms with van der Waals surface area (Å²) >= 11 is 0. The third-order valence-corrected chi connectivity index (χ3v) is 2.31. The molecule has 0 saturated carbocycles. The minimum Gasteiger partial charge on any atom is -0.479 e. The van der Waals surface area contributed by atoms with Gasteiger partial charge < -0.3 is 9.84 Å². The van der Waals surface area contributed by atoms with Crippen LogP contribution in [0.25, 0.3) is 0 Å². The number of rotatable bonds is 3. The Morgan fingerprint density at radius 1 is 1.64 bits per heavy atom. The van der Waals surface area contributed by atoms with Crippen molar-refractivity contribution in [3.63, 3.8) is 0 Å². The predicted octanol–water partition coefficient (Wildman–Crippen LogP) is 2.14. The summed E-state index contributed by atoms with van der Waals surface area (Å²) in [7, 11) is 0. The van der Waals surface area contributed by atoms with Crippen LogP contribution in [0.15, 0.2) is 23.8 Å². The lowest BCUT2D eigenvalue weighted by Crippen LogP contribution is -2.39. The van der Waals surface area contributed by atoms with E-state index < -0.39 is 11.6 Å². The zero-order valence-electron chi connectivity index (χ0n) is 8.78. The third-order valence-electron chi connectivity index (χ3n) is 2.31. The summed E-state index contributed by atoms with van der Waals surface area (Å²) in [6, 6.07) is 0. The zero-order valence-corrected chi connectivity index (χ0v) is 8.78. The van der Waals surface area contributed by atoms with E-state index in [-0.39, 0.29) is 6.10 Å². The number of carboxylic acid groups (broad SMARTS) is 1. The number of hydrogen-bond acceptors (Lipinski definition) is 2. The van der Waals surface area contributed by atoms with Crippen molar-refractivity contribution in [1.29, 1.82) is 0 Å². The van der Waals surface area contributed by atoms with E-state index in [9.17, 15) is 4.79 Å². The first-order chi connectivity index (χ1) is 6.43. The normalized spacial score (nSPS) is 21.9. The molecule has 0 radical (unpaired) electrons. The fourth-order valence-electron chi connectivity index (χ4n) is 1.26. The predicted molar refractivity (Wildman–Crippen MR) is 54.1 cm³/mol. The molecule has 1 aliphatic rings. The van der Waals surface area contributed by atoms with Crippen LogP contribution in [0.4, 0.5) is 0 Å². The van der Waals surface area contributed by atoms with Gasteiger partial charge in [0, 0.05) is 0 Å². The highest BCUT2D eigenvalue weighted by atomic mass is 16.5. The van der Waals surface area contributed by atoms with Gasteiger partial charge in [-0.15, -0.1) is 0 Å². The van der Waals surface area contributed by atoms with Crippen LogP contribution in [0.2, 0.25) is 0 Å². The van der Waals surface area contributed by atoms with E-state index in [1.165, 1.54) is 0 Å². The third kappa shape index (κ3) is 2.45. The Hall–Kier alpha value is -1.09. The number of hydrogen-bond donors (Lipinski definition) is 1. The molecule has 0 bridgehead atoms. The van der Waals surface area contributed by atoms with Crippen LogP contribution >= 0.6 is 0 Å².